The molecule has 0 heteroatoms. The van der Waals surface area contributed by atoms with Crippen LogP contribution in [0.25, 0.3) is 0 Å². The smallest absolute Gasteiger partial charge is 0.0261 e. The molecule has 4 fully saturated rings. The lowest BCUT2D eigenvalue weighted by Crippen LogP contribution is -2.53. The number of hydrogen-bond donors (Lipinski definition) is 0. The highest BCUT2D eigenvalue weighted by atomic mass is 14.7. The summed E-state index contributed by atoms with van der Waals surface area (Å²) >= 11 is 0. The number of rotatable bonds is 7. The van der Waals surface area contributed by atoms with Gasteiger partial charge in [0.15, 0.2) is 0 Å². The zero-order chi connectivity index (χ0) is 21.6. The van der Waals surface area contributed by atoms with Crippen molar-refractivity contribution in [2.75, 3.05) is 0 Å². The molecule has 4 rings (SSSR count). The third-order valence-electron chi connectivity index (χ3n) is 11.8. The van der Waals surface area contributed by atoms with Gasteiger partial charge in [0.05, 0.1) is 0 Å². The van der Waals surface area contributed by atoms with Crippen molar-refractivity contribution in [1.29, 1.82) is 0 Å². The van der Waals surface area contributed by atoms with Crippen LogP contribution in [-0.4, -0.2) is 0 Å². The van der Waals surface area contributed by atoms with Crippen molar-refractivity contribution in [3.8, 4) is 0 Å². The summed E-state index contributed by atoms with van der Waals surface area (Å²) < 4.78 is 0. The van der Waals surface area contributed by atoms with Crippen LogP contribution in [0.1, 0.15) is 138 Å². The Morgan fingerprint density at radius 1 is 0.833 bits per heavy atom. The number of fused-ring (bicyclic) bond motifs is 5. The van der Waals surface area contributed by atoms with Gasteiger partial charge in [-0.05, 0) is 116 Å². The lowest BCUT2D eigenvalue weighted by molar-refractivity contribution is -0.122. The van der Waals surface area contributed by atoms with Crippen LogP contribution < -0.4 is 0 Å². The molecule has 0 nitrogen and oxygen atoms in total. The average Bonchev–Trinajstić information content (AvgIpc) is 3.05. The third-order valence-corrected chi connectivity index (χ3v) is 11.8. The van der Waals surface area contributed by atoms with Gasteiger partial charge in [-0.1, -0.05) is 73.6 Å². The molecule has 0 aromatic carbocycles. The Morgan fingerprint density at radius 3 is 2.33 bits per heavy atom. The molecule has 30 heavy (non-hydrogen) atoms. The van der Waals surface area contributed by atoms with E-state index in [9.17, 15) is 0 Å². The lowest BCUT2D eigenvalue weighted by atomic mass is 9.44. The SMILES string of the molecule is CCC[C@@](C)(CCCC(C)C)[C@H]1CC[C@H]2[C@@H]3CCC4CCCC[C@]4(C)[C@H]3CC[C@]12C. The highest BCUT2D eigenvalue weighted by Crippen LogP contribution is 2.70. The second-order valence-electron chi connectivity index (χ2n) is 13.8. The standard InChI is InChI=1S/C30H54/c1-7-18-28(4,19-10-11-22(2)3)27-16-15-25-24-14-13-23-12-8-9-20-29(23,5)26(24)17-21-30(25,27)6/h22-27H,7-21H2,1-6H3/t23?,24-,25-,26-,27+,28-,29-,30-/m0/s1. The monoisotopic (exact) mass is 414 g/mol. The van der Waals surface area contributed by atoms with Crippen molar-refractivity contribution in [3.05, 3.63) is 0 Å². The topological polar surface area (TPSA) is 0 Å². The average molecular weight is 415 g/mol. The molecule has 8 atom stereocenters. The molecule has 0 heterocycles. The van der Waals surface area contributed by atoms with Crippen molar-refractivity contribution in [3.63, 3.8) is 0 Å². The van der Waals surface area contributed by atoms with Crippen molar-refractivity contribution in [1.82, 2.24) is 0 Å². The van der Waals surface area contributed by atoms with E-state index in [1.54, 1.807) is 51.4 Å². The molecule has 0 N–H and O–H groups in total. The molecule has 174 valence electrons. The Bertz CT molecular complexity index is 577. The largest absolute Gasteiger partial charge is 0.0654 e. The highest BCUT2D eigenvalue weighted by Gasteiger charge is 2.61. The van der Waals surface area contributed by atoms with Crippen LogP contribution in [0.5, 0.6) is 0 Å². The van der Waals surface area contributed by atoms with Gasteiger partial charge in [0.2, 0.25) is 0 Å². The fourth-order valence-electron chi connectivity index (χ4n) is 10.4. The van der Waals surface area contributed by atoms with E-state index in [1.165, 1.54) is 44.9 Å². The van der Waals surface area contributed by atoms with E-state index < -0.39 is 0 Å². The summed E-state index contributed by atoms with van der Waals surface area (Å²) in [5, 5.41) is 0. The third kappa shape index (κ3) is 3.83. The minimum atomic E-state index is 0.589. The van der Waals surface area contributed by atoms with Gasteiger partial charge in [-0.25, -0.2) is 0 Å². The molecule has 0 bridgehead atoms. The van der Waals surface area contributed by atoms with Gasteiger partial charge in [0, 0.05) is 0 Å². The highest BCUT2D eigenvalue weighted by molar-refractivity contribution is 5.11. The Labute approximate surface area is 189 Å². The first-order chi connectivity index (χ1) is 14.2. The summed E-state index contributed by atoms with van der Waals surface area (Å²) in [4.78, 5) is 0. The predicted molar refractivity (Wildman–Crippen MR) is 132 cm³/mol. The molecule has 4 aliphatic carbocycles. The molecular weight excluding hydrogens is 360 g/mol. The lowest BCUT2D eigenvalue weighted by Gasteiger charge is -2.61. The quantitative estimate of drug-likeness (QED) is 0.389. The van der Waals surface area contributed by atoms with E-state index in [-0.39, 0.29) is 0 Å². The fraction of sp³-hybridized carbons (Fsp3) is 1.00. The maximum atomic E-state index is 2.79. The Morgan fingerprint density at radius 2 is 1.60 bits per heavy atom. The second kappa shape index (κ2) is 8.74. The molecule has 0 saturated heterocycles. The van der Waals surface area contributed by atoms with Gasteiger partial charge >= 0.3 is 0 Å². The van der Waals surface area contributed by atoms with E-state index in [4.69, 9.17) is 0 Å². The van der Waals surface area contributed by atoms with Crippen LogP contribution >= 0.6 is 0 Å². The van der Waals surface area contributed by atoms with Gasteiger partial charge in [-0.2, -0.15) is 0 Å². The minimum Gasteiger partial charge on any atom is -0.0654 e. The van der Waals surface area contributed by atoms with E-state index in [0.717, 1.165) is 35.5 Å². The first kappa shape index (κ1) is 23.2. The molecule has 4 saturated carbocycles. The minimum absolute atomic E-state index is 0.589. The van der Waals surface area contributed by atoms with Crippen molar-refractivity contribution >= 4 is 0 Å². The summed E-state index contributed by atoms with van der Waals surface area (Å²) in [6, 6.07) is 0. The zero-order valence-electron chi connectivity index (χ0n) is 21.6. The summed E-state index contributed by atoms with van der Waals surface area (Å²) in [5.74, 6) is 6.09. The molecule has 0 radical (unpaired) electrons. The van der Waals surface area contributed by atoms with Crippen LogP contribution in [0.2, 0.25) is 0 Å². The van der Waals surface area contributed by atoms with Crippen LogP contribution in [-0.2, 0) is 0 Å². The van der Waals surface area contributed by atoms with Crippen molar-refractivity contribution in [2.24, 2.45) is 51.8 Å². The first-order valence-electron chi connectivity index (χ1n) is 14.2. The normalized spacial score (nSPS) is 45.5. The molecule has 0 spiro atoms. The molecule has 1 unspecified atom stereocenters. The Kier molecular flexibility index (Phi) is 6.75. The van der Waals surface area contributed by atoms with E-state index in [0.29, 0.717) is 16.2 Å². The zero-order valence-corrected chi connectivity index (χ0v) is 21.6. The van der Waals surface area contributed by atoms with E-state index in [2.05, 4.69) is 41.5 Å². The molecule has 0 amide bonds. The fourth-order valence-corrected chi connectivity index (χ4v) is 10.4. The molecule has 4 aliphatic rings. The first-order valence-corrected chi connectivity index (χ1v) is 14.2. The molecule has 0 aromatic heterocycles. The Balaban J connectivity index is 1.54. The summed E-state index contributed by atoms with van der Waals surface area (Å²) in [6.45, 7) is 15.5. The molecular formula is C30H54. The van der Waals surface area contributed by atoms with Crippen LogP contribution in [0.3, 0.4) is 0 Å². The van der Waals surface area contributed by atoms with Crippen LogP contribution in [0, 0.1) is 51.8 Å². The second-order valence-corrected chi connectivity index (χ2v) is 13.8. The maximum absolute atomic E-state index is 2.79. The number of hydrogen-bond acceptors (Lipinski definition) is 0. The summed E-state index contributed by atoms with van der Waals surface area (Å²) in [6.07, 6.45) is 22.7. The van der Waals surface area contributed by atoms with Gasteiger partial charge in [0.25, 0.3) is 0 Å². The van der Waals surface area contributed by atoms with E-state index in [1.807, 2.05) is 0 Å². The maximum Gasteiger partial charge on any atom is -0.0261 e. The van der Waals surface area contributed by atoms with Gasteiger partial charge < -0.3 is 0 Å². The predicted octanol–water partition coefficient (Wildman–Crippen LogP) is 9.67. The summed E-state index contributed by atoms with van der Waals surface area (Å²) in [5.41, 5.74) is 1.93. The summed E-state index contributed by atoms with van der Waals surface area (Å²) in [7, 11) is 0. The van der Waals surface area contributed by atoms with Gasteiger partial charge in [-0.3, -0.25) is 0 Å². The van der Waals surface area contributed by atoms with E-state index >= 15 is 0 Å². The van der Waals surface area contributed by atoms with Crippen molar-refractivity contribution < 1.29 is 0 Å². The van der Waals surface area contributed by atoms with Gasteiger partial charge in [-0.15, -0.1) is 0 Å². The van der Waals surface area contributed by atoms with Gasteiger partial charge in [0.1, 0.15) is 0 Å². The van der Waals surface area contributed by atoms with Crippen molar-refractivity contribution in [2.45, 2.75) is 138 Å². The molecule has 0 aromatic rings. The molecule has 0 aliphatic heterocycles. The van der Waals surface area contributed by atoms with Crippen LogP contribution in [0.4, 0.5) is 0 Å². The van der Waals surface area contributed by atoms with Crippen LogP contribution in [0.15, 0.2) is 0 Å². The Hall–Kier alpha value is 0.